The molecule has 0 amide bonds. The lowest BCUT2D eigenvalue weighted by Gasteiger charge is -2.14. The fourth-order valence-electron chi connectivity index (χ4n) is 5.01. The van der Waals surface area contributed by atoms with Crippen molar-refractivity contribution in [3.8, 4) is 0 Å². The summed E-state index contributed by atoms with van der Waals surface area (Å²) in [6, 6.07) is 11.4. The van der Waals surface area contributed by atoms with E-state index in [0.717, 1.165) is 6.54 Å². The van der Waals surface area contributed by atoms with Crippen molar-refractivity contribution < 1.29 is 4.79 Å². The van der Waals surface area contributed by atoms with Crippen LogP contribution in [0.2, 0.25) is 0 Å². The van der Waals surface area contributed by atoms with Crippen molar-refractivity contribution in [1.82, 2.24) is 4.90 Å². The van der Waals surface area contributed by atoms with E-state index in [1.165, 1.54) is 88.3 Å². The van der Waals surface area contributed by atoms with Gasteiger partial charge in [0, 0.05) is 19.3 Å². The maximum atomic E-state index is 8.00. The summed E-state index contributed by atoms with van der Waals surface area (Å²) in [6.45, 7) is 19.1. The second-order valence-electron chi connectivity index (χ2n) is 8.86. The number of hydrogen-bond donors (Lipinski definition) is 2. The van der Waals surface area contributed by atoms with Gasteiger partial charge in [-0.05, 0) is 113 Å². The van der Waals surface area contributed by atoms with Gasteiger partial charge >= 0.3 is 0 Å². The van der Waals surface area contributed by atoms with Crippen LogP contribution in [-0.4, -0.2) is 38.9 Å². The lowest BCUT2D eigenvalue weighted by molar-refractivity contribution is -0.0979. The highest BCUT2D eigenvalue weighted by Gasteiger charge is 2.22. The van der Waals surface area contributed by atoms with Gasteiger partial charge in [0.1, 0.15) is 6.79 Å². The number of benzene rings is 2. The number of anilines is 1. The van der Waals surface area contributed by atoms with Gasteiger partial charge in [-0.15, -0.1) is 19.7 Å². The van der Waals surface area contributed by atoms with Crippen LogP contribution in [0, 0.1) is 6.92 Å². The second-order valence-corrected chi connectivity index (χ2v) is 8.86. The molecular formula is C32H51N3O. The Hall–Kier alpha value is -2.69. The lowest BCUT2D eigenvalue weighted by atomic mass is 9.99. The van der Waals surface area contributed by atoms with E-state index in [1.54, 1.807) is 28.3 Å². The number of carbonyl (C=O) groups is 1. The van der Waals surface area contributed by atoms with Crippen molar-refractivity contribution in [3.05, 3.63) is 89.5 Å². The van der Waals surface area contributed by atoms with Crippen molar-refractivity contribution in [1.29, 1.82) is 0 Å². The lowest BCUT2D eigenvalue weighted by Crippen LogP contribution is -2.18. The Labute approximate surface area is 221 Å². The summed E-state index contributed by atoms with van der Waals surface area (Å²) >= 11 is 0. The average Bonchev–Trinajstić information content (AvgIpc) is 3.71. The molecule has 2 aromatic carbocycles. The Morgan fingerprint density at radius 3 is 1.75 bits per heavy atom. The van der Waals surface area contributed by atoms with Gasteiger partial charge in [-0.3, -0.25) is 4.90 Å². The van der Waals surface area contributed by atoms with Crippen LogP contribution in [0.4, 0.5) is 5.69 Å². The van der Waals surface area contributed by atoms with Gasteiger partial charge in [0.2, 0.25) is 0 Å². The van der Waals surface area contributed by atoms with Gasteiger partial charge in [-0.25, -0.2) is 0 Å². The summed E-state index contributed by atoms with van der Waals surface area (Å²) in [5.74, 6) is 0. The molecule has 5 rings (SSSR count). The molecule has 1 saturated heterocycles. The molecule has 0 atom stereocenters. The van der Waals surface area contributed by atoms with Gasteiger partial charge in [-0.1, -0.05) is 42.0 Å². The Bertz CT molecular complexity index is 820. The molecule has 1 aliphatic heterocycles. The van der Waals surface area contributed by atoms with Crippen LogP contribution in [-0.2, 0) is 37.0 Å². The molecule has 0 aromatic heterocycles. The van der Waals surface area contributed by atoms with Crippen LogP contribution >= 0.6 is 0 Å². The zero-order valence-corrected chi connectivity index (χ0v) is 23.5. The number of allylic oxidation sites excluding steroid dienone is 1. The fourth-order valence-corrected chi connectivity index (χ4v) is 5.01. The van der Waals surface area contributed by atoms with Gasteiger partial charge in [0.05, 0.1) is 0 Å². The highest BCUT2D eigenvalue weighted by atomic mass is 16.1. The maximum absolute atomic E-state index is 8.00. The number of likely N-dealkylation sites (tertiary alicyclic amines) is 1. The van der Waals surface area contributed by atoms with Crippen LogP contribution in [0.25, 0.3) is 0 Å². The third-order valence-electron chi connectivity index (χ3n) is 6.45. The van der Waals surface area contributed by atoms with Crippen molar-refractivity contribution in [3.63, 3.8) is 0 Å². The molecule has 0 radical (unpaired) electrons. The van der Waals surface area contributed by atoms with E-state index in [0.29, 0.717) is 0 Å². The third kappa shape index (κ3) is 10.5. The summed E-state index contributed by atoms with van der Waals surface area (Å²) in [4.78, 5) is 10.5. The number of fused-ring (bicyclic) bond motifs is 2. The molecule has 1 heterocycles. The maximum Gasteiger partial charge on any atom is 0.106 e. The number of hydrogen-bond acceptors (Lipinski definition) is 4. The van der Waals surface area contributed by atoms with Crippen molar-refractivity contribution in [2.45, 2.75) is 71.8 Å². The average molecular weight is 494 g/mol. The molecule has 0 unspecified atom stereocenters. The van der Waals surface area contributed by atoms with E-state index < -0.39 is 0 Å². The largest absolute Gasteiger partial charge is 0.388 e. The molecule has 0 bridgehead atoms. The minimum Gasteiger partial charge on any atom is -0.388 e. The van der Waals surface area contributed by atoms with E-state index in [9.17, 15) is 0 Å². The van der Waals surface area contributed by atoms with Crippen LogP contribution in [0.5, 0.6) is 0 Å². The number of nitrogens with two attached hydrogens (primary N) is 1. The Balaban J connectivity index is 0.000000520. The molecular weight excluding hydrogens is 442 g/mol. The van der Waals surface area contributed by atoms with Gasteiger partial charge in [0.15, 0.2) is 0 Å². The normalized spacial score (nSPS) is 14.2. The first kappa shape index (κ1) is 33.3. The molecule has 3 aliphatic rings. The highest BCUT2D eigenvalue weighted by Crippen LogP contribution is 2.38. The summed E-state index contributed by atoms with van der Waals surface area (Å²) in [5, 5.41) is 3.43. The smallest absolute Gasteiger partial charge is 0.106 e. The Morgan fingerprint density at radius 2 is 1.33 bits per heavy atom. The first-order valence-electron chi connectivity index (χ1n) is 13.2. The minimum atomic E-state index is 1.14. The topological polar surface area (TPSA) is 58.4 Å². The van der Waals surface area contributed by atoms with Crippen LogP contribution in [0.1, 0.15) is 66.0 Å². The SMILES string of the molecule is C=C.C=CC.C=O.CN.CNc1c2c(cc3c1CCC3)CCC2.Cc1ccc(CN2CCCC2)cc1. The third-order valence-corrected chi connectivity index (χ3v) is 6.45. The first-order chi connectivity index (χ1) is 17.7. The number of nitrogens with zero attached hydrogens (tertiary/aromatic N) is 1. The molecule has 2 aliphatic carbocycles. The molecule has 36 heavy (non-hydrogen) atoms. The van der Waals surface area contributed by atoms with E-state index in [2.05, 4.69) is 80.0 Å². The number of nitrogens with one attached hydrogen (secondary N) is 1. The van der Waals surface area contributed by atoms with Crippen LogP contribution in [0.3, 0.4) is 0 Å². The molecule has 1 fully saturated rings. The summed E-state index contributed by atoms with van der Waals surface area (Å²) in [5.41, 5.74) is 15.3. The molecule has 2 aromatic rings. The number of rotatable bonds is 3. The predicted octanol–water partition coefficient (Wildman–Crippen LogP) is 6.68. The fraction of sp³-hybridized carbons (Fsp3) is 0.469. The van der Waals surface area contributed by atoms with Crippen molar-refractivity contribution >= 4 is 12.5 Å². The molecule has 0 saturated carbocycles. The van der Waals surface area contributed by atoms with E-state index in [4.69, 9.17) is 4.79 Å². The number of aryl methyl sites for hydroxylation is 3. The molecule has 3 N–H and O–H groups in total. The molecule has 200 valence electrons. The van der Waals surface area contributed by atoms with E-state index >= 15 is 0 Å². The van der Waals surface area contributed by atoms with Gasteiger partial charge < -0.3 is 15.8 Å². The summed E-state index contributed by atoms with van der Waals surface area (Å²) < 4.78 is 0. The molecule has 4 nitrogen and oxygen atoms in total. The molecule has 4 heteroatoms. The first-order valence-corrected chi connectivity index (χ1v) is 13.2. The van der Waals surface area contributed by atoms with Gasteiger partial charge in [-0.2, -0.15) is 0 Å². The van der Waals surface area contributed by atoms with E-state index in [1.807, 2.05) is 13.7 Å². The van der Waals surface area contributed by atoms with Crippen molar-refractivity contribution in [2.75, 3.05) is 32.5 Å². The Kier molecular flexibility index (Phi) is 19.0. The minimum absolute atomic E-state index is 1.14. The standard InChI is InChI=1S/C13H17N.C12H17N.C3H6.C2H4.CH5N.CH2O/c1-14-13-11-6-2-4-9(11)8-10-5-3-7-12(10)13;1-11-4-6-12(7-5-11)10-13-8-2-3-9-13;1-3-2;3*1-2/h8,14H,2-7H2,1H3;4-7H,2-3,8-10H2,1H3;3H,1H2,2H3;1-2H2;2H2,1H3;1H2. The zero-order chi connectivity index (χ0) is 27.3. The Morgan fingerprint density at radius 1 is 0.889 bits per heavy atom. The van der Waals surface area contributed by atoms with E-state index in [-0.39, 0.29) is 0 Å². The molecule has 0 spiro atoms. The highest BCUT2D eigenvalue weighted by molar-refractivity contribution is 5.65. The number of carbonyl (C=O) groups excluding carboxylic acids is 1. The predicted molar refractivity (Wildman–Crippen MR) is 160 cm³/mol. The summed E-state index contributed by atoms with van der Waals surface area (Å²) in [6.07, 6.45) is 12.4. The van der Waals surface area contributed by atoms with Crippen LogP contribution < -0.4 is 11.1 Å². The summed E-state index contributed by atoms with van der Waals surface area (Å²) in [7, 11) is 3.58. The van der Waals surface area contributed by atoms with Crippen molar-refractivity contribution in [2.24, 2.45) is 5.73 Å². The zero-order valence-electron chi connectivity index (χ0n) is 23.5. The second kappa shape index (κ2) is 20.5. The van der Waals surface area contributed by atoms with Gasteiger partial charge in [0.25, 0.3) is 0 Å². The monoisotopic (exact) mass is 493 g/mol. The van der Waals surface area contributed by atoms with Crippen LogP contribution in [0.15, 0.2) is 56.1 Å². The quantitative estimate of drug-likeness (QED) is 0.468.